The van der Waals surface area contributed by atoms with Gasteiger partial charge >= 0.3 is 11.9 Å². The highest BCUT2D eigenvalue weighted by Gasteiger charge is 2.19. The maximum absolute atomic E-state index is 11.1. The molecule has 0 aliphatic carbocycles. The summed E-state index contributed by atoms with van der Waals surface area (Å²) in [6.45, 7) is 3.58. The maximum Gasteiger partial charge on any atom is 0.350 e. The third kappa shape index (κ3) is 3.38. The molecule has 0 bridgehead atoms. The van der Waals surface area contributed by atoms with Gasteiger partial charge in [-0.1, -0.05) is 18.5 Å². The first-order valence-corrected chi connectivity index (χ1v) is 4.60. The molecule has 0 amide bonds. The van der Waals surface area contributed by atoms with Gasteiger partial charge in [-0.2, -0.15) is 0 Å². The number of hydrogen-bond acceptors (Lipinski definition) is 4. The molecule has 0 aromatic carbocycles. The Morgan fingerprint density at radius 1 is 1.21 bits per heavy atom. The Hall–Kier alpha value is -1.03. The highest BCUT2D eigenvalue weighted by atomic mass is 35.5. The van der Waals surface area contributed by atoms with E-state index in [9.17, 15) is 9.59 Å². The fourth-order valence-corrected chi connectivity index (χ4v) is 1.10. The number of rotatable bonds is 4. The molecule has 5 heteroatoms. The summed E-state index contributed by atoms with van der Waals surface area (Å²) in [5.74, 6) is -1.30. The van der Waals surface area contributed by atoms with Gasteiger partial charge in [-0.25, -0.2) is 9.59 Å². The molecular formula is C9H13ClO4. The van der Waals surface area contributed by atoms with Crippen molar-refractivity contribution in [2.75, 3.05) is 13.7 Å². The minimum absolute atomic E-state index is 0.132. The zero-order valence-corrected chi connectivity index (χ0v) is 9.18. The van der Waals surface area contributed by atoms with Gasteiger partial charge < -0.3 is 9.47 Å². The van der Waals surface area contributed by atoms with Crippen molar-refractivity contribution >= 4 is 23.5 Å². The Morgan fingerprint density at radius 2 is 1.79 bits per heavy atom. The summed E-state index contributed by atoms with van der Waals surface area (Å²) in [6.07, 6.45) is 0.324. The van der Waals surface area contributed by atoms with E-state index < -0.39 is 11.9 Å². The van der Waals surface area contributed by atoms with E-state index in [0.29, 0.717) is 6.42 Å². The Bertz CT molecular complexity index is 258. The van der Waals surface area contributed by atoms with Gasteiger partial charge in [0, 0.05) is 0 Å². The summed E-state index contributed by atoms with van der Waals surface area (Å²) in [7, 11) is 1.23. The largest absolute Gasteiger partial charge is 0.466 e. The van der Waals surface area contributed by atoms with Gasteiger partial charge in [0.2, 0.25) is 0 Å². The standard InChI is InChI=1S/C9H13ClO4/c1-4-6(8(11)13-3)7(10)9(12)14-5-2/h4-5H2,1-3H3/b7-6+. The number of ether oxygens (including phenoxy) is 2. The van der Waals surface area contributed by atoms with Crippen molar-refractivity contribution < 1.29 is 19.1 Å². The summed E-state index contributed by atoms with van der Waals surface area (Å²) in [5, 5.41) is -0.207. The molecule has 0 fully saturated rings. The average molecular weight is 221 g/mol. The maximum atomic E-state index is 11.1. The van der Waals surface area contributed by atoms with Crippen LogP contribution in [0.5, 0.6) is 0 Å². The van der Waals surface area contributed by atoms with Gasteiger partial charge in [0.15, 0.2) is 0 Å². The molecule has 0 atom stereocenters. The lowest BCUT2D eigenvalue weighted by Gasteiger charge is -2.05. The lowest BCUT2D eigenvalue weighted by Crippen LogP contribution is -2.12. The van der Waals surface area contributed by atoms with Gasteiger partial charge in [0.25, 0.3) is 0 Å². The molecule has 0 aliphatic rings. The normalized spacial score (nSPS) is 11.7. The summed E-state index contributed by atoms with van der Waals surface area (Å²) in [5.41, 5.74) is 0.132. The van der Waals surface area contributed by atoms with E-state index in [1.165, 1.54) is 7.11 Å². The van der Waals surface area contributed by atoms with Crippen molar-refractivity contribution in [3.05, 3.63) is 10.6 Å². The van der Waals surface area contributed by atoms with Crippen LogP contribution in [-0.2, 0) is 19.1 Å². The number of halogens is 1. The van der Waals surface area contributed by atoms with Crippen LogP contribution in [0.1, 0.15) is 20.3 Å². The van der Waals surface area contributed by atoms with E-state index in [4.69, 9.17) is 11.6 Å². The minimum Gasteiger partial charge on any atom is -0.466 e. The van der Waals surface area contributed by atoms with Crippen LogP contribution in [-0.4, -0.2) is 25.7 Å². The zero-order chi connectivity index (χ0) is 11.1. The Morgan fingerprint density at radius 3 is 2.14 bits per heavy atom. The van der Waals surface area contributed by atoms with Crippen molar-refractivity contribution in [2.24, 2.45) is 0 Å². The van der Waals surface area contributed by atoms with Gasteiger partial charge in [0.05, 0.1) is 19.3 Å². The van der Waals surface area contributed by atoms with Crippen LogP contribution in [0, 0.1) is 0 Å². The molecule has 80 valence electrons. The van der Waals surface area contributed by atoms with E-state index >= 15 is 0 Å². The second-order valence-corrected chi connectivity index (χ2v) is 2.74. The zero-order valence-electron chi connectivity index (χ0n) is 8.43. The topological polar surface area (TPSA) is 52.6 Å². The molecule has 0 aromatic heterocycles. The second-order valence-electron chi connectivity index (χ2n) is 2.36. The highest BCUT2D eigenvalue weighted by molar-refractivity contribution is 6.43. The van der Waals surface area contributed by atoms with E-state index in [1.54, 1.807) is 13.8 Å². The summed E-state index contributed by atoms with van der Waals surface area (Å²) in [6, 6.07) is 0. The van der Waals surface area contributed by atoms with Crippen LogP contribution < -0.4 is 0 Å². The Kier molecular flexibility index (Phi) is 5.95. The lowest BCUT2D eigenvalue weighted by molar-refractivity contribution is -0.140. The molecule has 0 rings (SSSR count). The van der Waals surface area contributed by atoms with Crippen LogP contribution in [0.3, 0.4) is 0 Å². The summed E-state index contributed by atoms with van der Waals surface area (Å²) >= 11 is 5.65. The first kappa shape index (κ1) is 13.0. The van der Waals surface area contributed by atoms with Crippen LogP contribution >= 0.6 is 11.6 Å². The molecule has 0 N–H and O–H groups in total. The molecular weight excluding hydrogens is 208 g/mol. The smallest absolute Gasteiger partial charge is 0.350 e. The van der Waals surface area contributed by atoms with E-state index in [2.05, 4.69) is 9.47 Å². The van der Waals surface area contributed by atoms with Crippen molar-refractivity contribution in [3.63, 3.8) is 0 Å². The third-order valence-corrected chi connectivity index (χ3v) is 1.89. The average Bonchev–Trinajstić information content (AvgIpc) is 2.18. The van der Waals surface area contributed by atoms with Crippen LogP contribution in [0.4, 0.5) is 0 Å². The molecule has 0 heterocycles. The number of hydrogen-bond donors (Lipinski definition) is 0. The van der Waals surface area contributed by atoms with Crippen LogP contribution in [0.15, 0.2) is 10.6 Å². The monoisotopic (exact) mass is 220 g/mol. The fraction of sp³-hybridized carbons (Fsp3) is 0.556. The van der Waals surface area contributed by atoms with E-state index in [-0.39, 0.29) is 17.2 Å². The SMILES string of the molecule is CCOC(=O)/C(Cl)=C(/CC)C(=O)OC. The quantitative estimate of drug-likeness (QED) is 0.534. The van der Waals surface area contributed by atoms with Crippen molar-refractivity contribution in [1.29, 1.82) is 0 Å². The van der Waals surface area contributed by atoms with E-state index in [1.807, 2.05) is 0 Å². The Labute approximate surface area is 87.8 Å². The highest BCUT2D eigenvalue weighted by Crippen LogP contribution is 2.16. The second kappa shape index (κ2) is 6.43. The fourth-order valence-electron chi connectivity index (χ4n) is 0.830. The molecule has 0 unspecified atom stereocenters. The van der Waals surface area contributed by atoms with Gasteiger partial charge in [-0.15, -0.1) is 0 Å². The minimum atomic E-state index is -0.698. The third-order valence-electron chi connectivity index (χ3n) is 1.50. The molecule has 14 heavy (non-hydrogen) atoms. The predicted molar refractivity (Wildman–Crippen MR) is 51.8 cm³/mol. The lowest BCUT2D eigenvalue weighted by atomic mass is 10.2. The number of methoxy groups -OCH3 is 1. The first-order chi connectivity index (χ1) is 6.58. The molecule has 0 spiro atoms. The molecule has 4 nitrogen and oxygen atoms in total. The van der Waals surface area contributed by atoms with Gasteiger partial charge in [0.1, 0.15) is 5.03 Å². The molecule has 0 saturated heterocycles. The number of esters is 2. The van der Waals surface area contributed by atoms with Crippen LogP contribution in [0.25, 0.3) is 0 Å². The van der Waals surface area contributed by atoms with Crippen molar-refractivity contribution in [2.45, 2.75) is 20.3 Å². The molecule has 0 aliphatic heterocycles. The molecule has 0 radical (unpaired) electrons. The molecule has 0 saturated carbocycles. The van der Waals surface area contributed by atoms with Gasteiger partial charge in [-0.05, 0) is 13.3 Å². The van der Waals surface area contributed by atoms with Gasteiger partial charge in [-0.3, -0.25) is 0 Å². The summed E-state index contributed by atoms with van der Waals surface area (Å²) < 4.78 is 9.11. The number of carbonyl (C=O) groups is 2. The first-order valence-electron chi connectivity index (χ1n) is 4.22. The van der Waals surface area contributed by atoms with Crippen molar-refractivity contribution in [1.82, 2.24) is 0 Å². The molecule has 0 aromatic rings. The van der Waals surface area contributed by atoms with Crippen molar-refractivity contribution in [3.8, 4) is 0 Å². The Balaban J connectivity index is 4.82. The van der Waals surface area contributed by atoms with Crippen LogP contribution in [0.2, 0.25) is 0 Å². The summed E-state index contributed by atoms with van der Waals surface area (Å²) in [4.78, 5) is 22.3. The predicted octanol–water partition coefficient (Wildman–Crippen LogP) is 1.63. The number of carbonyl (C=O) groups excluding carboxylic acids is 2. The van der Waals surface area contributed by atoms with E-state index in [0.717, 1.165) is 0 Å².